The first-order chi connectivity index (χ1) is 18.1. The second-order valence-corrected chi connectivity index (χ2v) is 8.89. The van der Waals surface area contributed by atoms with Crippen LogP contribution in [0.2, 0.25) is 0 Å². The van der Waals surface area contributed by atoms with Crippen LogP contribution >= 0.6 is 0 Å². The molecule has 0 aliphatic heterocycles. The largest absolute Gasteiger partial charge is 0.507 e. The fourth-order valence-corrected chi connectivity index (χ4v) is 4.01. The molecular weight excluding hydrogens is 492 g/mol. The first kappa shape index (κ1) is 28.1. The number of hydrogen-bond acceptors (Lipinski definition) is 8. The Balaban J connectivity index is 1.98. The van der Waals surface area contributed by atoms with Gasteiger partial charge in [0.1, 0.15) is 11.5 Å². The molecule has 0 aliphatic carbocycles. The molecule has 1 heterocycles. The number of nitrogens with one attached hydrogen (secondary N) is 2. The third kappa shape index (κ3) is 6.26. The van der Waals surface area contributed by atoms with Crippen LogP contribution in [-0.4, -0.2) is 38.3 Å². The summed E-state index contributed by atoms with van der Waals surface area (Å²) in [6.07, 6.45) is -0.237. The molecule has 3 N–H and O–H groups in total. The summed E-state index contributed by atoms with van der Waals surface area (Å²) in [7, 11) is 4.34. The van der Waals surface area contributed by atoms with Crippen LogP contribution in [0.5, 0.6) is 23.0 Å². The van der Waals surface area contributed by atoms with E-state index in [0.29, 0.717) is 22.7 Å². The highest BCUT2D eigenvalue weighted by Crippen LogP contribution is 2.46. The lowest BCUT2D eigenvalue weighted by atomic mass is 9.87. The maximum atomic E-state index is 13.2. The number of carbonyl (C=O) groups excluding carboxylic acids is 2. The van der Waals surface area contributed by atoms with Crippen LogP contribution in [0.15, 0.2) is 51.7 Å². The van der Waals surface area contributed by atoms with E-state index in [1.54, 1.807) is 50.2 Å². The van der Waals surface area contributed by atoms with Gasteiger partial charge in [0.15, 0.2) is 11.5 Å². The molecule has 0 saturated heterocycles. The van der Waals surface area contributed by atoms with Crippen molar-refractivity contribution in [2.45, 2.75) is 33.1 Å². The number of amides is 2. The summed E-state index contributed by atoms with van der Waals surface area (Å²) in [6, 6.07) is 11.2. The van der Waals surface area contributed by atoms with E-state index in [9.17, 15) is 19.5 Å². The van der Waals surface area contributed by atoms with Gasteiger partial charge in [-0.25, -0.2) is 4.79 Å². The normalized spacial score (nSPS) is 11.6. The highest BCUT2D eigenvalue weighted by atomic mass is 16.5. The molecule has 1 atom stereocenters. The first-order valence-corrected chi connectivity index (χ1v) is 11.9. The molecule has 0 saturated carbocycles. The van der Waals surface area contributed by atoms with Crippen LogP contribution in [0.3, 0.4) is 0 Å². The summed E-state index contributed by atoms with van der Waals surface area (Å²) >= 11 is 0. The number of aromatic hydroxyl groups is 1. The van der Waals surface area contributed by atoms with Crippen LogP contribution in [-0.2, 0) is 9.59 Å². The number of anilines is 2. The fraction of sp³-hybridized carbons (Fsp3) is 0.321. The van der Waals surface area contributed by atoms with Crippen molar-refractivity contribution < 1.29 is 33.3 Å². The van der Waals surface area contributed by atoms with Crippen molar-refractivity contribution >= 4 is 23.2 Å². The van der Waals surface area contributed by atoms with Crippen LogP contribution in [0, 0.1) is 12.8 Å². The van der Waals surface area contributed by atoms with E-state index >= 15 is 0 Å². The Bertz CT molecular complexity index is 1360. The van der Waals surface area contributed by atoms with Crippen molar-refractivity contribution in [2.24, 2.45) is 5.92 Å². The van der Waals surface area contributed by atoms with Crippen LogP contribution in [0.4, 0.5) is 11.4 Å². The van der Waals surface area contributed by atoms with Gasteiger partial charge in [-0.2, -0.15) is 0 Å². The Hall–Kier alpha value is -4.47. The predicted molar refractivity (Wildman–Crippen MR) is 142 cm³/mol. The summed E-state index contributed by atoms with van der Waals surface area (Å²) in [5.41, 5.74) is 0.622. The summed E-state index contributed by atoms with van der Waals surface area (Å²) < 4.78 is 21.7. The zero-order valence-corrected chi connectivity index (χ0v) is 22.2. The fourth-order valence-electron chi connectivity index (χ4n) is 4.01. The zero-order valence-electron chi connectivity index (χ0n) is 22.2. The monoisotopic (exact) mass is 524 g/mol. The van der Waals surface area contributed by atoms with Gasteiger partial charge in [-0.3, -0.25) is 9.59 Å². The number of methoxy groups -OCH3 is 3. The molecule has 0 spiro atoms. The molecule has 38 heavy (non-hydrogen) atoms. The Morgan fingerprint density at radius 1 is 0.921 bits per heavy atom. The Kier molecular flexibility index (Phi) is 9.01. The Morgan fingerprint density at radius 3 is 2.05 bits per heavy atom. The molecule has 0 fully saturated rings. The quantitative estimate of drug-likeness (QED) is 0.354. The molecule has 0 radical (unpaired) electrons. The van der Waals surface area contributed by atoms with Gasteiger partial charge in [0, 0.05) is 41.3 Å². The van der Waals surface area contributed by atoms with Gasteiger partial charge in [-0.05, 0) is 37.3 Å². The minimum Gasteiger partial charge on any atom is -0.507 e. The molecule has 3 rings (SSSR count). The zero-order chi connectivity index (χ0) is 28.0. The van der Waals surface area contributed by atoms with E-state index < -0.39 is 17.5 Å². The average Bonchev–Trinajstić information content (AvgIpc) is 2.87. The summed E-state index contributed by atoms with van der Waals surface area (Å²) in [5, 5.41) is 16.3. The smallest absolute Gasteiger partial charge is 0.343 e. The summed E-state index contributed by atoms with van der Waals surface area (Å²) in [4.78, 5) is 38.0. The van der Waals surface area contributed by atoms with Gasteiger partial charge < -0.3 is 34.4 Å². The van der Waals surface area contributed by atoms with Gasteiger partial charge in [0.25, 0.3) is 0 Å². The SMILES string of the molecule is COc1ccc([C@H](CC(=O)Nc2ccc(NC(=O)C(C)C)cc2)c2c(O)cc(C)oc2=O)c(OC)c1OC. The number of carbonyl (C=O) groups is 2. The highest BCUT2D eigenvalue weighted by Gasteiger charge is 2.30. The van der Waals surface area contributed by atoms with Gasteiger partial charge in [0.2, 0.25) is 17.6 Å². The van der Waals surface area contributed by atoms with Gasteiger partial charge in [-0.15, -0.1) is 0 Å². The summed E-state index contributed by atoms with van der Waals surface area (Å²) in [5.74, 6) is -0.859. The van der Waals surface area contributed by atoms with Crippen LogP contribution in [0.1, 0.15) is 43.1 Å². The van der Waals surface area contributed by atoms with Crippen molar-refractivity contribution in [3.63, 3.8) is 0 Å². The highest BCUT2D eigenvalue weighted by molar-refractivity contribution is 5.94. The van der Waals surface area contributed by atoms with Crippen molar-refractivity contribution in [2.75, 3.05) is 32.0 Å². The molecule has 10 nitrogen and oxygen atoms in total. The number of aryl methyl sites for hydroxylation is 1. The van der Waals surface area contributed by atoms with E-state index in [0.717, 1.165) is 0 Å². The molecule has 10 heteroatoms. The maximum absolute atomic E-state index is 13.2. The van der Waals surface area contributed by atoms with Gasteiger partial charge >= 0.3 is 5.63 Å². The first-order valence-electron chi connectivity index (χ1n) is 11.9. The van der Waals surface area contributed by atoms with E-state index in [4.69, 9.17) is 18.6 Å². The van der Waals surface area contributed by atoms with Crippen molar-refractivity contribution in [3.05, 3.63) is 69.8 Å². The Morgan fingerprint density at radius 2 is 1.53 bits per heavy atom. The van der Waals surface area contributed by atoms with E-state index in [1.807, 2.05) is 0 Å². The third-order valence-corrected chi connectivity index (χ3v) is 5.90. The molecule has 2 aromatic carbocycles. The van der Waals surface area contributed by atoms with Crippen LogP contribution in [0.25, 0.3) is 0 Å². The molecule has 0 bridgehead atoms. The topological polar surface area (TPSA) is 136 Å². The molecule has 2 amide bonds. The Labute approximate surface area is 220 Å². The molecular formula is C28H32N2O8. The molecule has 0 unspecified atom stereocenters. The summed E-state index contributed by atoms with van der Waals surface area (Å²) in [6.45, 7) is 5.12. The van der Waals surface area contributed by atoms with Crippen molar-refractivity contribution in [3.8, 4) is 23.0 Å². The van der Waals surface area contributed by atoms with Crippen molar-refractivity contribution in [1.82, 2.24) is 0 Å². The number of ether oxygens (including phenoxy) is 3. The van der Waals surface area contributed by atoms with Gasteiger partial charge in [0.05, 0.1) is 26.9 Å². The minimum atomic E-state index is -0.953. The molecule has 3 aromatic rings. The van der Waals surface area contributed by atoms with Crippen molar-refractivity contribution in [1.29, 1.82) is 0 Å². The lowest BCUT2D eigenvalue weighted by Crippen LogP contribution is -2.22. The standard InChI is InChI=1S/C28H32N2O8/c1-15(2)27(33)30-18-9-7-17(8-10-18)29-23(32)14-20(24-21(31)13-16(3)38-28(24)34)19-11-12-22(35-4)26(37-6)25(19)36-5/h7-13,15,20,31H,14H2,1-6H3,(H,29,32)(H,30,33)/t20-/m0/s1. The number of hydrogen-bond donors (Lipinski definition) is 3. The maximum Gasteiger partial charge on any atom is 0.343 e. The average molecular weight is 525 g/mol. The van der Waals surface area contributed by atoms with E-state index in [2.05, 4.69) is 10.6 Å². The predicted octanol–water partition coefficient (Wildman–Crippen LogP) is 4.43. The third-order valence-electron chi connectivity index (χ3n) is 5.90. The molecule has 0 aliphatic rings. The van der Waals surface area contributed by atoms with E-state index in [-0.39, 0.29) is 46.8 Å². The van der Waals surface area contributed by atoms with Gasteiger partial charge in [-0.1, -0.05) is 19.9 Å². The minimum absolute atomic E-state index is 0.0944. The molecule has 202 valence electrons. The second kappa shape index (κ2) is 12.2. The number of rotatable bonds is 10. The lowest BCUT2D eigenvalue weighted by molar-refractivity contribution is -0.119. The lowest BCUT2D eigenvalue weighted by Gasteiger charge is -2.22. The molecule has 1 aromatic heterocycles. The number of benzene rings is 2. The van der Waals surface area contributed by atoms with Crippen LogP contribution < -0.4 is 30.5 Å². The van der Waals surface area contributed by atoms with E-state index in [1.165, 1.54) is 34.3 Å². The second-order valence-electron chi connectivity index (χ2n) is 8.89.